The number of aryl methyl sites for hydroxylation is 1. The van der Waals surface area contributed by atoms with Crippen molar-refractivity contribution < 1.29 is 18.0 Å². The van der Waals surface area contributed by atoms with Crippen LogP contribution in [0.5, 0.6) is 0 Å². The van der Waals surface area contributed by atoms with Crippen molar-refractivity contribution in [2.24, 2.45) is 0 Å². The van der Waals surface area contributed by atoms with E-state index in [1.54, 1.807) is 25.1 Å². The molecule has 2 N–H and O–H groups in total. The summed E-state index contributed by atoms with van der Waals surface area (Å²) in [6, 6.07) is 9.66. The second-order valence-electron chi connectivity index (χ2n) is 5.73. The molecule has 0 fully saturated rings. The van der Waals surface area contributed by atoms with Crippen molar-refractivity contribution in [3.63, 3.8) is 0 Å². The lowest BCUT2D eigenvalue weighted by atomic mass is 10.1. The Morgan fingerprint density at radius 1 is 1.00 bits per heavy atom. The van der Waals surface area contributed by atoms with Gasteiger partial charge in [0.2, 0.25) is 0 Å². The first-order chi connectivity index (χ1) is 12.5. The molecule has 0 radical (unpaired) electrons. The van der Waals surface area contributed by atoms with Crippen molar-refractivity contribution >= 4 is 22.5 Å². The molecule has 4 nitrogen and oxygen atoms in total. The van der Waals surface area contributed by atoms with Crippen LogP contribution < -0.4 is 10.6 Å². The topological polar surface area (TPSA) is 54.0 Å². The maximum absolute atomic E-state index is 13.9. The van der Waals surface area contributed by atoms with Crippen LogP contribution in [0.3, 0.4) is 0 Å². The lowest BCUT2D eigenvalue weighted by molar-refractivity contribution is 0.0946. The van der Waals surface area contributed by atoms with Gasteiger partial charge in [0.25, 0.3) is 5.91 Å². The summed E-state index contributed by atoms with van der Waals surface area (Å²) in [5.74, 6) is -3.08. The largest absolute Gasteiger partial charge is 0.383 e. The average molecular weight is 359 g/mol. The van der Waals surface area contributed by atoms with Gasteiger partial charge < -0.3 is 10.6 Å². The van der Waals surface area contributed by atoms with Crippen LogP contribution in [-0.4, -0.2) is 24.0 Å². The summed E-state index contributed by atoms with van der Waals surface area (Å²) in [7, 11) is 0. The quantitative estimate of drug-likeness (QED) is 0.682. The number of hydrogen-bond donors (Lipinski definition) is 2. The number of rotatable bonds is 5. The van der Waals surface area contributed by atoms with Crippen molar-refractivity contribution in [1.82, 2.24) is 10.3 Å². The molecule has 0 saturated carbocycles. The molecule has 0 atom stereocenters. The minimum absolute atomic E-state index is 0.130. The first-order valence-electron chi connectivity index (χ1n) is 7.99. The van der Waals surface area contributed by atoms with Crippen molar-refractivity contribution in [2.75, 3.05) is 18.4 Å². The van der Waals surface area contributed by atoms with Crippen LogP contribution in [0, 0.1) is 24.4 Å². The number of fused-ring (bicyclic) bond motifs is 1. The highest BCUT2D eigenvalue weighted by atomic mass is 19.1. The smallest absolute Gasteiger partial charge is 0.257 e. The Labute approximate surface area is 148 Å². The third-order valence-corrected chi connectivity index (χ3v) is 3.83. The number of carbonyl (C=O) groups excluding carboxylic acids is 1. The van der Waals surface area contributed by atoms with Gasteiger partial charge in [0.1, 0.15) is 28.5 Å². The summed E-state index contributed by atoms with van der Waals surface area (Å²) in [6.07, 6.45) is 0. The Balaban J connectivity index is 1.67. The Bertz CT molecular complexity index is 955. The van der Waals surface area contributed by atoms with E-state index in [1.807, 2.05) is 0 Å². The highest BCUT2D eigenvalue weighted by molar-refractivity contribution is 5.95. The van der Waals surface area contributed by atoms with Crippen LogP contribution in [0.25, 0.3) is 10.9 Å². The van der Waals surface area contributed by atoms with Gasteiger partial charge in [0.15, 0.2) is 0 Å². The summed E-state index contributed by atoms with van der Waals surface area (Å²) < 4.78 is 41.0. The van der Waals surface area contributed by atoms with Gasteiger partial charge in [0.05, 0.1) is 0 Å². The van der Waals surface area contributed by atoms with Crippen LogP contribution in [0.4, 0.5) is 18.9 Å². The summed E-state index contributed by atoms with van der Waals surface area (Å²) in [6.45, 7) is 2.17. The minimum Gasteiger partial charge on any atom is -0.383 e. The second-order valence-corrected chi connectivity index (χ2v) is 5.73. The maximum Gasteiger partial charge on any atom is 0.257 e. The number of pyridine rings is 1. The molecule has 7 heteroatoms. The molecule has 3 rings (SSSR count). The van der Waals surface area contributed by atoms with Crippen LogP contribution in [0.15, 0.2) is 42.5 Å². The molecule has 0 aliphatic carbocycles. The molecule has 3 aromatic rings. The number of carbonyl (C=O) groups is 1. The molecule has 0 spiro atoms. The number of nitrogens with zero attached hydrogens (tertiary/aromatic N) is 1. The minimum atomic E-state index is -0.915. The molecule has 0 saturated heterocycles. The fraction of sp³-hybridized carbons (Fsp3) is 0.158. The summed E-state index contributed by atoms with van der Waals surface area (Å²) in [5.41, 5.74) is 0.952. The van der Waals surface area contributed by atoms with Gasteiger partial charge in [-0.1, -0.05) is 18.2 Å². The Hall–Kier alpha value is -3.09. The molecule has 1 heterocycles. The second kappa shape index (κ2) is 7.43. The highest BCUT2D eigenvalue weighted by Gasteiger charge is 2.16. The number of para-hydroxylation sites is 1. The van der Waals surface area contributed by atoms with Gasteiger partial charge >= 0.3 is 0 Å². The van der Waals surface area contributed by atoms with Crippen molar-refractivity contribution in [3.8, 4) is 0 Å². The van der Waals surface area contributed by atoms with Gasteiger partial charge in [0, 0.05) is 29.9 Å². The Morgan fingerprint density at radius 2 is 1.65 bits per heavy atom. The predicted octanol–water partition coefficient (Wildman–Crippen LogP) is 3.80. The number of anilines is 1. The van der Waals surface area contributed by atoms with Crippen LogP contribution in [0.1, 0.15) is 16.1 Å². The SMILES string of the molecule is Cc1cc(NCCNC(=O)c2c(F)cccc2F)c2cccc(F)c2n1. The van der Waals surface area contributed by atoms with E-state index in [0.717, 1.165) is 12.1 Å². The lowest BCUT2D eigenvalue weighted by Gasteiger charge is -2.12. The zero-order valence-electron chi connectivity index (χ0n) is 13.9. The van der Waals surface area contributed by atoms with Gasteiger partial charge in [-0.3, -0.25) is 4.79 Å². The van der Waals surface area contributed by atoms with Crippen LogP contribution >= 0.6 is 0 Å². The molecule has 0 aliphatic heterocycles. The molecular formula is C19H16F3N3O. The summed E-state index contributed by atoms with van der Waals surface area (Å²) in [4.78, 5) is 16.1. The monoisotopic (exact) mass is 359 g/mol. The number of nitrogens with one attached hydrogen (secondary N) is 2. The third kappa shape index (κ3) is 3.61. The zero-order chi connectivity index (χ0) is 18.7. The summed E-state index contributed by atoms with van der Waals surface area (Å²) in [5, 5.41) is 6.15. The van der Waals surface area contributed by atoms with Gasteiger partial charge in [-0.15, -0.1) is 0 Å². The molecular weight excluding hydrogens is 343 g/mol. The molecule has 0 unspecified atom stereocenters. The summed E-state index contributed by atoms with van der Waals surface area (Å²) >= 11 is 0. The van der Waals surface area contributed by atoms with Crippen molar-refractivity contribution in [1.29, 1.82) is 0 Å². The van der Waals surface area contributed by atoms with E-state index in [-0.39, 0.29) is 18.6 Å². The fourth-order valence-electron chi connectivity index (χ4n) is 2.66. The van der Waals surface area contributed by atoms with E-state index in [4.69, 9.17) is 0 Å². The number of aromatic nitrogens is 1. The lowest BCUT2D eigenvalue weighted by Crippen LogP contribution is -2.30. The number of benzene rings is 2. The van der Waals surface area contributed by atoms with Gasteiger partial charge in [-0.2, -0.15) is 0 Å². The third-order valence-electron chi connectivity index (χ3n) is 3.83. The first-order valence-corrected chi connectivity index (χ1v) is 7.99. The number of halogens is 3. The van der Waals surface area contributed by atoms with Crippen LogP contribution in [0.2, 0.25) is 0 Å². The normalized spacial score (nSPS) is 10.8. The molecule has 1 amide bonds. The fourth-order valence-corrected chi connectivity index (χ4v) is 2.66. The van der Waals surface area contributed by atoms with Crippen molar-refractivity contribution in [2.45, 2.75) is 6.92 Å². The van der Waals surface area contributed by atoms with E-state index in [1.165, 1.54) is 12.1 Å². The molecule has 0 aliphatic rings. The predicted molar refractivity (Wildman–Crippen MR) is 93.6 cm³/mol. The van der Waals surface area contributed by atoms with E-state index >= 15 is 0 Å². The number of hydrogen-bond acceptors (Lipinski definition) is 3. The molecule has 1 aromatic heterocycles. The maximum atomic E-state index is 13.9. The van der Waals surface area contributed by atoms with Gasteiger partial charge in [-0.05, 0) is 31.2 Å². The molecule has 26 heavy (non-hydrogen) atoms. The number of amides is 1. The molecule has 0 bridgehead atoms. The van der Waals surface area contributed by atoms with Gasteiger partial charge in [-0.25, -0.2) is 18.2 Å². The Kier molecular flexibility index (Phi) is 5.06. The van der Waals surface area contributed by atoms with Crippen LogP contribution in [-0.2, 0) is 0 Å². The van der Waals surface area contributed by atoms with Crippen molar-refractivity contribution in [3.05, 3.63) is 71.2 Å². The van der Waals surface area contributed by atoms with E-state index < -0.39 is 28.9 Å². The molecule has 134 valence electrons. The van der Waals surface area contributed by atoms with E-state index in [2.05, 4.69) is 15.6 Å². The standard InChI is InChI=1S/C19H16F3N3O/c1-11-10-16(12-4-2-7-15(22)18(12)25-11)23-8-9-24-19(26)17-13(20)5-3-6-14(17)21/h2-7,10H,8-9H2,1H3,(H,23,25)(H,24,26). The van der Waals surface area contributed by atoms with E-state index in [0.29, 0.717) is 16.8 Å². The average Bonchev–Trinajstić information content (AvgIpc) is 2.59. The Morgan fingerprint density at radius 3 is 2.38 bits per heavy atom. The highest BCUT2D eigenvalue weighted by Crippen LogP contribution is 2.24. The molecule has 2 aromatic carbocycles. The van der Waals surface area contributed by atoms with E-state index in [9.17, 15) is 18.0 Å². The zero-order valence-corrected chi connectivity index (χ0v) is 13.9. The first kappa shape index (κ1) is 17.7.